The van der Waals surface area contributed by atoms with Crippen LogP contribution in [0.1, 0.15) is 98.3 Å². The second kappa shape index (κ2) is 13.0. The molecule has 0 fully saturated rings. The van der Waals surface area contributed by atoms with E-state index >= 15 is 0 Å². The van der Waals surface area contributed by atoms with E-state index in [1.807, 2.05) is 0 Å². The topological polar surface area (TPSA) is 37.3 Å². The lowest BCUT2D eigenvalue weighted by atomic mass is 9.82. The molecule has 1 rings (SSSR count). The Kier molecular flexibility index (Phi) is 11.4. The number of allylic oxidation sites excluding steroid dienone is 5. The van der Waals surface area contributed by atoms with Crippen molar-refractivity contribution in [3.8, 4) is 0 Å². The van der Waals surface area contributed by atoms with Crippen LogP contribution < -0.4 is 0 Å². The largest absolute Gasteiger partial charge is 0.481 e. The van der Waals surface area contributed by atoms with Crippen LogP contribution in [0.3, 0.4) is 0 Å². The zero-order valence-electron chi connectivity index (χ0n) is 18.2. The summed E-state index contributed by atoms with van der Waals surface area (Å²) in [4.78, 5) is 11.7. The Morgan fingerprint density at radius 2 is 1.81 bits per heavy atom. The maximum Gasteiger partial charge on any atom is 0.306 e. The van der Waals surface area contributed by atoms with Gasteiger partial charge in [-0.1, -0.05) is 55.2 Å². The molecule has 3 atom stereocenters. The lowest BCUT2D eigenvalue weighted by molar-refractivity contribution is -0.142. The van der Waals surface area contributed by atoms with Crippen LogP contribution in [0.5, 0.6) is 0 Å². The summed E-state index contributed by atoms with van der Waals surface area (Å²) < 4.78 is 0. The van der Waals surface area contributed by atoms with Crippen LogP contribution in [-0.4, -0.2) is 11.1 Å². The first-order valence-electron chi connectivity index (χ1n) is 11.0. The van der Waals surface area contributed by atoms with Gasteiger partial charge in [-0.05, 0) is 90.4 Å². The van der Waals surface area contributed by atoms with Crippen LogP contribution in [0.2, 0.25) is 0 Å². The van der Waals surface area contributed by atoms with Crippen molar-refractivity contribution in [3.05, 3.63) is 35.5 Å². The Bertz CT molecular complexity index is 522. The highest BCUT2D eigenvalue weighted by molar-refractivity contribution is 5.69. The monoisotopic (exact) mass is 374 g/mol. The highest BCUT2D eigenvalue weighted by Gasteiger charge is 2.21. The van der Waals surface area contributed by atoms with Crippen molar-refractivity contribution < 1.29 is 9.90 Å². The highest BCUT2D eigenvalue weighted by atomic mass is 16.4. The lowest BCUT2D eigenvalue weighted by Gasteiger charge is -2.23. The zero-order chi connectivity index (χ0) is 20.2. The smallest absolute Gasteiger partial charge is 0.306 e. The van der Waals surface area contributed by atoms with E-state index in [9.17, 15) is 9.90 Å². The number of aliphatic carboxylic acids is 1. The summed E-state index contributed by atoms with van der Waals surface area (Å²) in [5, 5.41) is 9.63. The second-order valence-corrected chi connectivity index (χ2v) is 8.99. The Morgan fingerprint density at radius 3 is 2.48 bits per heavy atom. The molecule has 0 amide bonds. The SMILES string of the molecule is C=C(CCC=C(C)C)C1CCC(C)CCCC(C)=CCCC(C(=O)O)CC1. The second-order valence-electron chi connectivity index (χ2n) is 8.99. The molecule has 0 aliphatic heterocycles. The minimum Gasteiger partial charge on any atom is -0.481 e. The third-order valence-electron chi connectivity index (χ3n) is 6.09. The van der Waals surface area contributed by atoms with Crippen LogP contribution in [-0.2, 0) is 4.79 Å². The van der Waals surface area contributed by atoms with Crippen molar-refractivity contribution in [2.75, 3.05) is 0 Å². The molecule has 0 spiro atoms. The van der Waals surface area contributed by atoms with Crippen molar-refractivity contribution in [2.45, 2.75) is 98.3 Å². The Morgan fingerprint density at radius 1 is 1.15 bits per heavy atom. The van der Waals surface area contributed by atoms with Crippen molar-refractivity contribution in [3.63, 3.8) is 0 Å². The fraction of sp³-hybridized carbons (Fsp3) is 0.720. The number of hydrogen-bond donors (Lipinski definition) is 1. The molecule has 0 aromatic rings. The van der Waals surface area contributed by atoms with Gasteiger partial charge in [-0.15, -0.1) is 0 Å². The van der Waals surface area contributed by atoms with Crippen molar-refractivity contribution in [1.82, 2.24) is 0 Å². The average Bonchev–Trinajstić information content (AvgIpc) is 2.58. The molecule has 0 radical (unpaired) electrons. The molecule has 27 heavy (non-hydrogen) atoms. The number of carboxylic acid groups (broad SMARTS) is 1. The minimum atomic E-state index is -0.629. The third kappa shape index (κ3) is 10.6. The van der Waals surface area contributed by atoms with Gasteiger partial charge >= 0.3 is 5.97 Å². The fourth-order valence-electron chi connectivity index (χ4n) is 4.09. The molecule has 2 heteroatoms. The van der Waals surface area contributed by atoms with Gasteiger partial charge in [0, 0.05) is 0 Å². The van der Waals surface area contributed by atoms with Crippen LogP contribution >= 0.6 is 0 Å². The van der Waals surface area contributed by atoms with E-state index in [1.54, 1.807) is 0 Å². The fourth-order valence-corrected chi connectivity index (χ4v) is 4.09. The summed E-state index contributed by atoms with van der Waals surface area (Å²) in [5.74, 6) is 0.363. The first-order chi connectivity index (χ1) is 12.8. The number of rotatable bonds is 5. The van der Waals surface area contributed by atoms with Gasteiger partial charge in [0.2, 0.25) is 0 Å². The van der Waals surface area contributed by atoms with E-state index in [1.165, 1.54) is 36.0 Å². The summed E-state index contributed by atoms with van der Waals surface area (Å²) in [6.07, 6.45) is 16.1. The van der Waals surface area contributed by atoms with Crippen LogP contribution in [0.15, 0.2) is 35.5 Å². The quantitative estimate of drug-likeness (QED) is 0.500. The average molecular weight is 375 g/mol. The molecule has 1 aliphatic carbocycles. The number of hydrogen-bond acceptors (Lipinski definition) is 1. The molecular weight excluding hydrogens is 332 g/mol. The third-order valence-corrected chi connectivity index (χ3v) is 6.09. The summed E-state index contributed by atoms with van der Waals surface area (Å²) in [7, 11) is 0. The van der Waals surface area contributed by atoms with Crippen molar-refractivity contribution >= 4 is 5.97 Å². The number of carbonyl (C=O) groups is 1. The van der Waals surface area contributed by atoms with Gasteiger partial charge in [0.1, 0.15) is 0 Å². The molecule has 0 saturated carbocycles. The molecule has 0 saturated heterocycles. The van der Waals surface area contributed by atoms with Crippen LogP contribution in [0.25, 0.3) is 0 Å². The normalized spacial score (nSPS) is 25.8. The first kappa shape index (κ1) is 23.7. The zero-order valence-corrected chi connectivity index (χ0v) is 18.2. The van der Waals surface area contributed by atoms with Gasteiger partial charge in [0.25, 0.3) is 0 Å². The maximum absolute atomic E-state index is 11.7. The standard InChI is InChI=1S/C25H42O2/c1-19(2)9-6-13-22(5)23-16-15-21(4)11-7-10-20(3)12-8-14-24(18-17-23)25(26)27/h9,12,21,23-24H,5-8,10-11,13-18H2,1-4H3,(H,26,27). The van der Waals surface area contributed by atoms with Gasteiger partial charge in [-0.25, -0.2) is 0 Å². The summed E-state index contributed by atoms with van der Waals surface area (Å²) in [5.41, 5.74) is 4.11. The van der Waals surface area contributed by atoms with E-state index in [2.05, 4.69) is 46.4 Å². The van der Waals surface area contributed by atoms with E-state index in [0.717, 1.165) is 57.3 Å². The maximum atomic E-state index is 11.7. The molecule has 1 N–H and O–H groups in total. The molecule has 0 bridgehead atoms. The highest BCUT2D eigenvalue weighted by Crippen LogP contribution is 2.31. The lowest BCUT2D eigenvalue weighted by Crippen LogP contribution is -2.16. The first-order valence-corrected chi connectivity index (χ1v) is 11.0. The van der Waals surface area contributed by atoms with Crippen LogP contribution in [0.4, 0.5) is 0 Å². The Labute approximate surface area is 167 Å². The van der Waals surface area contributed by atoms with Gasteiger partial charge in [-0.2, -0.15) is 0 Å². The van der Waals surface area contributed by atoms with Gasteiger partial charge in [0.05, 0.1) is 5.92 Å². The van der Waals surface area contributed by atoms with Gasteiger partial charge < -0.3 is 5.11 Å². The summed E-state index contributed by atoms with van der Waals surface area (Å²) in [6, 6.07) is 0. The molecule has 154 valence electrons. The Hall–Kier alpha value is -1.31. The van der Waals surface area contributed by atoms with E-state index < -0.39 is 5.97 Å². The summed E-state index contributed by atoms with van der Waals surface area (Å²) >= 11 is 0. The van der Waals surface area contributed by atoms with E-state index in [0.29, 0.717) is 5.92 Å². The van der Waals surface area contributed by atoms with Gasteiger partial charge in [-0.3, -0.25) is 4.79 Å². The predicted molar refractivity (Wildman–Crippen MR) is 117 cm³/mol. The molecule has 1 aliphatic rings. The summed E-state index contributed by atoms with van der Waals surface area (Å²) in [6.45, 7) is 13.2. The van der Waals surface area contributed by atoms with E-state index in [4.69, 9.17) is 0 Å². The molecule has 0 heterocycles. The minimum absolute atomic E-state index is 0.220. The van der Waals surface area contributed by atoms with Crippen LogP contribution in [0, 0.1) is 17.8 Å². The van der Waals surface area contributed by atoms with Gasteiger partial charge in [0.15, 0.2) is 0 Å². The molecule has 0 aromatic heterocycles. The molecule has 2 nitrogen and oxygen atoms in total. The molecular formula is C25H42O2. The predicted octanol–water partition coefficient (Wildman–Crippen LogP) is 7.71. The number of carboxylic acids is 1. The van der Waals surface area contributed by atoms with Crippen molar-refractivity contribution in [2.24, 2.45) is 17.8 Å². The molecule has 3 unspecified atom stereocenters. The van der Waals surface area contributed by atoms with Crippen molar-refractivity contribution in [1.29, 1.82) is 0 Å². The van der Waals surface area contributed by atoms with E-state index in [-0.39, 0.29) is 5.92 Å². The Balaban J connectivity index is 2.78. The molecule has 0 aromatic carbocycles.